The monoisotopic (exact) mass is 429 g/mol. The summed E-state index contributed by atoms with van der Waals surface area (Å²) in [4.78, 5) is 16.8. The maximum Gasteiger partial charge on any atom is 0.116 e. The molecule has 0 bridgehead atoms. The van der Waals surface area contributed by atoms with Crippen LogP contribution in [-0.2, 0) is 0 Å². The summed E-state index contributed by atoms with van der Waals surface area (Å²) in [6.45, 7) is 4.14. The molecule has 0 atom stereocenters. The highest BCUT2D eigenvalue weighted by atomic mass is 15.1. The number of hydrogen-bond acceptors (Lipinski definition) is 5. The Labute approximate surface area is 189 Å². The second-order valence-electron chi connectivity index (χ2n) is 7.74. The first-order chi connectivity index (χ1) is 16.2. The number of fused-ring (bicyclic) bond motifs is 2. The van der Waals surface area contributed by atoms with Crippen LogP contribution in [0.4, 0.5) is 5.69 Å². The normalized spacial score (nSPS) is 11.2. The Kier molecular flexibility index (Phi) is 4.43. The van der Waals surface area contributed by atoms with Crippen molar-refractivity contribution in [1.82, 2.24) is 30.1 Å². The van der Waals surface area contributed by atoms with E-state index in [1.165, 1.54) is 0 Å². The Morgan fingerprint density at radius 3 is 2.67 bits per heavy atom. The van der Waals surface area contributed by atoms with E-state index in [4.69, 9.17) is 0 Å². The highest BCUT2D eigenvalue weighted by molar-refractivity contribution is 5.96. The Bertz CT molecular complexity index is 1580. The zero-order valence-electron chi connectivity index (χ0n) is 17.6. The van der Waals surface area contributed by atoms with E-state index in [0.717, 1.165) is 61.5 Å². The van der Waals surface area contributed by atoms with Gasteiger partial charge in [0.05, 0.1) is 46.0 Å². The average molecular weight is 429 g/mol. The Hall–Kier alpha value is -4.78. The third kappa shape index (κ3) is 3.51. The number of hydrogen-bond donors (Lipinski definition) is 3. The lowest BCUT2D eigenvalue weighted by Gasteiger charge is -2.10. The van der Waals surface area contributed by atoms with E-state index in [9.17, 15) is 0 Å². The van der Waals surface area contributed by atoms with Crippen molar-refractivity contribution in [3.05, 3.63) is 97.6 Å². The molecule has 0 aliphatic carbocycles. The summed E-state index contributed by atoms with van der Waals surface area (Å²) in [5, 5.41) is 11.9. The van der Waals surface area contributed by atoms with Gasteiger partial charge in [-0.05, 0) is 35.9 Å². The van der Waals surface area contributed by atoms with Crippen molar-refractivity contribution >= 4 is 33.3 Å². The van der Waals surface area contributed by atoms with E-state index in [2.05, 4.69) is 42.0 Å². The van der Waals surface area contributed by atoms with E-state index in [1.807, 2.05) is 60.7 Å². The Balaban J connectivity index is 1.36. The first kappa shape index (κ1) is 18.9. The molecule has 7 heteroatoms. The molecule has 0 fully saturated rings. The lowest BCUT2D eigenvalue weighted by Crippen LogP contribution is -1.98. The molecule has 7 nitrogen and oxygen atoms in total. The van der Waals surface area contributed by atoms with Gasteiger partial charge in [-0.2, -0.15) is 5.10 Å². The molecule has 5 heterocycles. The smallest absolute Gasteiger partial charge is 0.116 e. The van der Waals surface area contributed by atoms with Crippen molar-refractivity contribution in [2.75, 3.05) is 5.32 Å². The van der Waals surface area contributed by atoms with Crippen LogP contribution in [-0.4, -0.2) is 30.1 Å². The van der Waals surface area contributed by atoms with Crippen molar-refractivity contribution in [3.63, 3.8) is 0 Å². The molecule has 0 unspecified atom stereocenters. The first-order valence-corrected chi connectivity index (χ1v) is 10.5. The number of rotatable bonds is 5. The topological polar surface area (TPSA) is 95.2 Å². The van der Waals surface area contributed by atoms with Gasteiger partial charge in [-0.25, -0.2) is 0 Å². The van der Waals surface area contributed by atoms with Gasteiger partial charge in [0.15, 0.2) is 0 Å². The molecular weight excluding hydrogens is 410 g/mol. The van der Waals surface area contributed by atoms with Crippen molar-refractivity contribution in [3.8, 4) is 22.6 Å². The molecule has 0 spiro atoms. The second kappa shape index (κ2) is 7.72. The highest BCUT2D eigenvalue weighted by Gasteiger charge is 2.13. The van der Waals surface area contributed by atoms with Crippen LogP contribution in [0.5, 0.6) is 0 Å². The van der Waals surface area contributed by atoms with Crippen molar-refractivity contribution < 1.29 is 0 Å². The molecule has 1 aromatic carbocycles. The molecule has 0 radical (unpaired) electrons. The van der Waals surface area contributed by atoms with Crippen LogP contribution in [0.3, 0.4) is 0 Å². The van der Waals surface area contributed by atoms with Gasteiger partial charge in [0.25, 0.3) is 0 Å². The first-order valence-electron chi connectivity index (χ1n) is 10.5. The van der Waals surface area contributed by atoms with Crippen LogP contribution >= 0.6 is 0 Å². The van der Waals surface area contributed by atoms with Gasteiger partial charge in [-0.1, -0.05) is 36.9 Å². The number of aromatic amines is 2. The molecule has 0 aliphatic rings. The van der Waals surface area contributed by atoms with Gasteiger partial charge in [0.1, 0.15) is 5.69 Å². The van der Waals surface area contributed by atoms with Gasteiger partial charge in [-0.3, -0.25) is 20.1 Å². The van der Waals surface area contributed by atoms with Gasteiger partial charge < -0.3 is 10.3 Å². The summed E-state index contributed by atoms with van der Waals surface area (Å²) in [6, 6.07) is 20.0. The molecule has 158 valence electrons. The summed E-state index contributed by atoms with van der Waals surface area (Å²) in [6.07, 6.45) is 7.16. The number of nitrogens with one attached hydrogen (secondary N) is 3. The predicted molar refractivity (Wildman–Crippen MR) is 131 cm³/mol. The number of benzene rings is 1. The van der Waals surface area contributed by atoms with Crippen molar-refractivity contribution in [2.45, 2.75) is 0 Å². The molecule has 6 rings (SSSR count). The summed E-state index contributed by atoms with van der Waals surface area (Å²) >= 11 is 0. The minimum atomic E-state index is 0.806. The number of pyridine rings is 3. The predicted octanol–water partition coefficient (Wildman–Crippen LogP) is 5.65. The lowest BCUT2D eigenvalue weighted by atomic mass is 10.1. The van der Waals surface area contributed by atoms with Crippen LogP contribution in [0.1, 0.15) is 5.56 Å². The fraction of sp³-hybridized carbons (Fsp3) is 0. The fourth-order valence-corrected chi connectivity index (χ4v) is 3.90. The Morgan fingerprint density at radius 1 is 0.879 bits per heavy atom. The number of nitrogens with zero attached hydrogens (tertiary/aromatic N) is 4. The number of H-pyrrole nitrogens is 2. The number of anilines is 1. The lowest BCUT2D eigenvalue weighted by molar-refractivity contribution is 1.11. The molecular formula is C26H19N7. The molecule has 33 heavy (non-hydrogen) atoms. The molecule has 5 aromatic heterocycles. The SMILES string of the molecule is C=C(Nc1cncc(-c2cc3c(-c4cc5ncccc5[nH]4)n[nH]c3cn2)c1)c1ccccc1. The van der Waals surface area contributed by atoms with Crippen LogP contribution in [0.15, 0.2) is 92.0 Å². The molecule has 6 aromatic rings. The zero-order chi connectivity index (χ0) is 22.2. The quantitative estimate of drug-likeness (QED) is 0.329. The summed E-state index contributed by atoms with van der Waals surface area (Å²) in [5.74, 6) is 0. The highest BCUT2D eigenvalue weighted by Crippen LogP contribution is 2.31. The van der Waals surface area contributed by atoms with Gasteiger partial charge in [0.2, 0.25) is 0 Å². The second-order valence-corrected chi connectivity index (χ2v) is 7.74. The van der Waals surface area contributed by atoms with Gasteiger partial charge in [0, 0.05) is 29.0 Å². The van der Waals surface area contributed by atoms with Gasteiger partial charge >= 0.3 is 0 Å². The molecule has 0 saturated heterocycles. The van der Waals surface area contributed by atoms with E-state index >= 15 is 0 Å². The van der Waals surface area contributed by atoms with Gasteiger partial charge in [-0.15, -0.1) is 0 Å². The maximum atomic E-state index is 4.62. The molecule has 0 saturated carbocycles. The summed E-state index contributed by atoms with van der Waals surface area (Å²) < 4.78 is 0. The minimum Gasteiger partial charge on any atom is -0.354 e. The number of aromatic nitrogens is 6. The fourth-order valence-electron chi connectivity index (χ4n) is 3.90. The molecule has 0 aliphatic heterocycles. The van der Waals surface area contributed by atoms with Crippen LogP contribution in [0, 0.1) is 0 Å². The largest absolute Gasteiger partial charge is 0.354 e. The average Bonchev–Trinajstić information content (AvgIpc) is 3.48. The van der Waals surface area contributed by atoms with Crippen molar-refractivity contribution in [1.29, 1.82) is 0 Å². The standard InChI is InChI=1S/C26H19N7/c1-16(17-6-3-2-4-7-17)30-19-10-18(13-27-14-19)22-11-20-25(15-29-22)32-33-26(20)24-12-23-21(31-24)8-5-9-28-23/h2-15,30-31H,1H2,(H,32,33). The summed E-state index contributed by atoms with van der Waals surface area (Å²) in [7, 11) is 0. The van der Waals surface area contributed by atoms with Crippen LogP contribution < -0.4 is 5.32 Å². The third-order valence-corrected chi connectivity index (χ3v) is 5.54. The maximum absolute atomic E-state index is 4.62. The van der Waals surface area contributed by atoms with Crippen LogP contribution in [0.25, 0.3) is 50.3 Å². The zero-order valence-corrected chi connectivity index (χ0v) is 17.6. The van der Waals surface area contributed by atoms with Crippen molar-refractivity contribution in [2.24, 2.45) is 0 Å². The van der Waals surface area contributed by atoms with E-state index in [1.54, 1.807) is 24.8 Å². The minimum absolute atomic E-state index is 0.806. The third-order valence-electron chi connectivity index (χ3n) is 5.54. The van der Waals surface area contributed by atoms with E-state index < -0.39 is 0 Å². The van der Waals surface area contributed by atoms with Crippen LogP contribution in [0.2, 0.25) is 0 Å². The summed E-state index contributed by atoms with van der Waals surface area (Å²) in [5.41, 5.74) is 8.84. The molecule has 0 amide bonds. The Morgan fingerprint density at radius 2 is 1.79 bits per heavy atom. The van der Waals surface area contributed by atoms with E-state index in [-0.39, 0.29) is 0 Å². The molecule has 3 N–H and O–H groups in total. The van der Waals surface area contributed by atoms with E-state index in [0.29, 0.717) is 0 Å².